The van der Waals surface area contributed by atoms with Crippen LogP contribution in [0.1, 0.15) is 13.8 Å². The zero-order chi connectivity index (χ0) is 7.40. The van der Waals surface area contributed by atoms with Crippen LogP contribution in [0.4, 0.5) is 5.69 Å². The molecule has 0 amide bonds. The van der Waals surface area contributed by atoms with Gasteiger partial charge in [0.2, 0.25) is 0 Å². The lowest BCUT2D eigenvalue weighted by atomic mass is 10.4. The summed E-state index contributed by atoms with van der Waals surface area (Å²) >= 11 is 0. The van der Waals surface area contributed by atoms with Crippen molar-refractivity contribution in [3.05, 3.63) is 18.6 Å². The van der Waals surface area contributed by atoms with Crippen molar-refractivity contribution in [2.24, 2.45) is 0 Å². The van der Waals surface area contributed by atoms with E-state index in [0.717, 1.165) is 13.1 Å². The number of nitrogens with zero attached hydrogens (tertiary/aromatic N) is 1. The fraction of sp³-hybridized carbons (Fsp3) is 0.500. The lowest BCUT2D eigenvalue weighted by molar-refractivity contribution is 0.566. The van der Waals surface area contributed by atoms with Gasteiger partial charge in [-0.2, -0.15) is 0 Å². The van der Waals surface area contributed by atoms with Gasteiger partial charge in [0.25, 0.3) is 0 Å². The number of hydrogen-bond donors (Lipinski definition) is 0. The van der Waals surface area contributed by atoms with Crippen molar-refractivity contribution >= 4 is 5.69 Å². The fourth-order valence-corrected chi connectivity index (χ4v) is 1.03. The van der Waals surface area contributed by atoms with E-state index in [1.165, 1.54) is 5.69 Å². The van der Waals surface area contributed by atoms with Gasteiger partial charge in [0.1, 0.15) is 6.26 Å². The van der Waals surface area contributed by atoms with Crippen LogP contribution in [0.5, 0.6) is 0 Å². The Balaban J connectivity index is 2.64. The van der Waals surface area contributed by atoms with Gasteiger partial charge in [0, 0.05) is 13.1 Å². The van der Waals surface area contributed by atoms with Crippen molar-refractivity contribution in [2.45, 2.75) is 13.8 Å². The zero-order valence-corrected chi connectivity index (χ0v) is 6.50. The van der Waals surface area contributed by atoms with Gasteiger partial charge in [0.15, 0.2) is 0 Å². The molecule has 0 radical (unpaired) electrons. The minimum Gasteiger partial charge on any atom is -0.470 e. The van der Waals surface area contributed by atoms with Gasteiger partial charge in [-0.3, -0.25) is 0 Å². The maximum Gasteiger partial charge on any atom is 0.114 e. The Morgan fingerprint density at radius 2 is 2.10 bits per heavy atom. The number of anilines is 1. The molecule has 0 spiro atoms. The summed E-state index contributed by atoms with van der Waals surface area (Å²) in [7, 11) is 0. The average molecular weight is 139 g/mol. The Kier molecular flexibility index (Phi) is 2.37. The van der Waals surface area contributed by atoms with E-state index in [2.05, 4.69) is 18.7 Å². The molecule has 1 rings (SSSR count). The van der Waals surface area contributed by atoms with Gasteiger partial charge in [-0.25, -0.2) is 0 Å². The van der Waals surface area contributed by atoms with Crippen LogP contribution in [-0.2, 0) is 0 Å². The van der Waals surface area contributed by atoms with E-state index in [0.29, 0.717) is 0 Å². The molecule has 0 bridgehead atoms. The molecule has 0 aliphatic heterocycles. The first-order chi connectivity index (χ1) is 4.88. The molecule has 0 N–H and O–H groups in total. The highest BCUT2D eigenvalue weighted by Gasteiger charge is 2.00. The van der Waals surface area contributed by atoms with Crippen molar-refractivity contribution in [3.63, 3.8) is 0 Å². The van der Waals surface area contributed by atoms with Crippen LogP contribution >= 0.6 is 0 Å². The summed E-state index contributed by atoms with van der Waals surface area (Å²) in [5, 5.41) is 0. The fourth-order valence-electron chi connectivity index (χ4n) is 1.03. The van der Waals surface area contributed by atoms with Crippen molar-refractivity contribution in [2.75, 3.05) is 18.0 Å². The molecule has 1 aromatic heterocycles. The van der Waals surface area contributed by atoms with E-state index in [1.54, 1.807) is 12.5 Å². The molecular weight excluding hydrogens is 126 g/mol. The Morgan fingerprint density at radius 3 is 2.50 bits per heavy atom. The van der Waals surface area contributed by atoms with E-state index in [1.807, 2.05) is 6.07 Å². The van der Waals surface area contributed by atoms with Gasteiger partial charge < -0.3 is 9.32 Å². The first-order valence-corrected chi connectivity index (χ1v) is 3.65. The van der Waals surface area contributed by atoms with Gasteiger partial charge in [0.05, 0.1) is 12.0 Å². The molecule has 0 saturated carbocycles. The first kappa shape index (κ1) is 7.19. The predicted molar refractivity (Wildman–Crippen MR) is 42.3 cm³/mol. The molecule has 0 saturated heterocycles. The quantitative estimate of drug-likeness (QED) is 0.637. The first-order valence-electron chi connectivity index (χ1n) is 3.65. The van der Waals surface area contributed by atoms with Crippen molar-refractivity contribution < 1.29 is 4.42 Å². The van der Waals surface area contributed by atoms with Gasteiger partial charge in [-0.15, -0.1) is 0 Å². The SMILES string of the molecule is CCN(CC)c1ccoc1. The third-order valence-corrected chi connectivity index (χ3v) is 1.63. The Bertz CT molecular complexity index is 165. The smallest absolute Gasteiger partial charge is 0.114 e. The molecule has 1 heterocycles. The lowest BCUT2D eigenvalue weighted by Gasteiger charge is -2.17. The van der Waals surface area contributed by atoms with Crippen LogP contribution in [0.25, 0.3) is 0 Å². The Hall–Kier alpha value is -0.920. The second kappa shape index (κ2) is 3.30. The largest absolute Gasteiger partial charge is 0.470 e. The van der Waals surface area contributed by atoms with Crippen molar-refractivity contribution in [3.8, 4) is 0 Å². The number of furan rings is 1. The van der Waals surface area contributed by atoms with E-state index in [4.69, 9.17) is 4.42 Å². The Labute approximate surface area is 61.4 Å². The summed E-state index contributed by atoms with van der Waals surface area (Å²) in [6, 6.07) is 1.98. The Morgan fingerprint density at radius 1 is 1.40 bits per heavy atom. The maximum absolute atomic E-state index is 4.96. The third-order valence-electron chi connectivity index (χ3n) is 1.63. The van der Waals surface area contributed by atoms with E-state index in [-0.39, 0.29) is 0 Å². The molecular formula is C8H13NO. The van der Waals surface area contributed by atoms with Crippen LogP contribution in [0, 0.1) is 0 Å². The molecule has 0 atom stereocenters. The normalized spacial score (nSPS) is 9.80. The summed E-state index contributed by atoms with van der Waals surface area (Å²) in [4.78, 5) is 2.24. The van der Waals surface area contributed by atoms with Crippen LogP contribution in [0.15, 0.2) is 23.0 Å². The average Bonchev–Trinajstić information content (AvgIpc) is 2.43. The minimum atomic E-state index is 1.04. The van der Waals surface area contributed by atoms with Crippen LogP contribution < -0.4 is 4.90 Å². The molecule has 0 unspecified atom stereocenters. The molecule has 2 nitrogen and oxygen atoms in total. The third kappa shape index (κ3) is 1.32. The highest BCUT2D eigenvalue weighted by molar-refractivity contribution is 5.42. The summed E-state index contributed by atoms with van der Waals surface area (Å²) in [6.45, 7) is 6.35. The summed E-state index contributed by atoms with van der Waals surface area (Å²) in [5.74, 6) is 0. The molecule has 2 heteroatoms. The van der Waals surface area contributed by atoms with Crippen LogP contribution in [0.3, 0.4) is 0 Å². The predicted octanol–water partition coefficient (Wildman–Crippen LogP) is 2.13. The number of rotatable bonds is 3. The summed E-state index contributed by atoms with van der Waals surface area (Å²) < 4.78 is 4.96. The highest BCUT2D eigenvalue weighted by Crippen LogP contribution is 2.12. The van der Waals surface area contributed by atoms with Crippen LogP contribution in [0.2, 0.25) is 0 Å². The topological polar surface area (TPSA) is 16.4 Å². The lowest BCUT2D eigenvalue weighted by Crippen LogP contribution is -2.20. The molecule has 0 aliphatic carbocycles. The van der Waals surface area contributed by atoms with E-state index < -0.39 is 0 Å². The van der Waals surface area contributed by atoms with Crippen molar-refractivity contribution in [1.82, 2.24) is 0 Å². The van der Waals surface area contributed by atoms with Gasteiger partial charge in [-0.1, -0.05) is 0 Å². The molecule has 56 valence electrons. The molecule has 0 aliphatic rings. The van der Waals surface area contributed by atoms with Gasteiger partial charge in [-0.05, 0) is 19.9 Å². The van der Waals surface area contributed by atoms with E-state index in [9.17, 15) is 0 Å². The van der Waals surface area contributed by atoms with E-state index >= 15 is 0 Å². The number of hydrogen-bond acceptors (Lipinski definition) is 2. The standard InChI is InChI=1S/C8H13NO/c1-3-9(4-2)8-5-6-10-7-8/h5-7H,3-4H2,1-2H3. The molecule has 0 aromatic carbocycles. The van der Waals surface area contributed by atoms with Crippen LogP contribution in [-0.4, -0.2) is 13.1 Å². The zero-order valence-electron chi connectivity index (χ0n) is 6.50. The molecule has 1 aromatic rings. The maximum atomic E-state index is 4.96. The molecule has 10 heavy (non-hydrogen) atoms. The monoisotopic (exact) mass is 139 g/mol. The molecule has 0 fully saturated rings. The summed E-state index contributed by atoms with van der Waals surface area (Å²) in [5.41, 5.74) is 1.17. The second-order valence-electron chi connectivity index (χ2n) is 2.15. The summed E-state index contributed by atoms with van der Waals surface area (Å²) in [6.07, 6.45) is 3.47. The minimum absolute atomic E-state index is 1.04. The van der Waals surface area contributed by atoms with Crippen molar-refractivity contribution in [1.29, 1.82) is 0 Å². The second-order valence-corrected chi connectivity index (χ2v) is 2.15. The highest BCUT2D eigenvalue weighted by atomic mass is 16.3. The van der Waals surface area contributed by atoms with Gasteiger partial charge >= 0.3 is 0 Å².